The third kappa shape index (κ3) is 3.96. The van der Waals surface area contributed by atoms with Gasteiger partial charge in [0.15, 0.2) is 5.69 Å². The van der Waals surface area contributed by atoms with Crippen LogP contribution in [-0.2, 0) is 29.5 Å². The van der Waals surface area contributed by atoms with Crippen LogP contribution < -0.4 is 11.4 Å². The van der Waals surface area contributed by atoms with Crippen LogP contribution in [0.2, 0.25) is 0 Å². The lowest BCUT2D eigenvalue weighted by atomic mass is 10.2. The van der Waals surface area contributed by atoms with Gasteiger partial charge in [-0.3, -0.25) is 13.9 Å². The molecule has 0 bridgehead atoms. The van der Waals surface area contributed by atoms with Gasteiger partial charge in [0.05, 0.1) is 19.2 Å². The summed E-state index contributed by atoms with van der Waals surface area (Å²) in [7, 11) is 2.72. The minimum absolute atomic E-state index is 0.0943. The van der Waals surface area contributed by atoms with Gasteiger partial charge in [0.1, 0.15) is 0 Å². The predicted molar refractivity (Wildman–Crippen MR) is 78.1 cm³/mol. The van der Waals surface area contributed by atoms with E-state index < -0.39 is 11.9 Å². The summed E-state index contributed by atoms with van der Waals surface area (Å²) in [6.45, 7) is 2.56. The minimum atomic E-state index is -0.641. The number of nitrogens with zero attached hydrogens (tertiary/aromatic N) is 2. The molecule has 1 amide bonds. The summed E-state index contributed by atoms with van der Waals surface area (Å²) in [5, 5.41) is 0. The number of carbonyl (C=O) groups excluding carboxylic acids is 2. The van der Waals surface area contributed by atoms with Crippen molar-refractivity contribution in [3.8, 4) is 0 Å². The second-order valence-corrected chi connectivity index (χ2v) is 4.98. The molecule has 0 saturated heterocycles. The molecule has 118 valence electrons. The van der Waals surface area contributed by atoms with Crippen molar-refractivity contribution in [2.24, 2.45) is 12.8 Å². The average Bonchev–Trinajstić information content (AvgIpc) is 2.66. The van der Waals surface area contributed by atoms with Crippen molar-refractivity contribution in [3.05, 3.63) is 21.9 Å². The van der Waals surface area contributed by atoms with Crippen molar-refractivity contribution in [3.63, 3.8) is 0 Å². The SMILES string of the molecule is CCCCCCn1c(CC(N)=O)c(C(=O)OC)n(C)c1=O. The molecule has 7 heteroatoms. The molecule has 2 N–H and O–H groups in total. The van der Waals surface area contributed by atoms with E-state index in [0.717, 1.165) is 25.7 Å². The van der Waals surface area contributed by atoms with Gasteiger partial charge >= 0.3 is 11.7 Å². The van der Waals surface area contributed by atoms with Crippen LogP contribution in [0.5, 0.6) is 0 Å². The van der Waals surface area contributed by atoms with Crippen LogP contribution in [0.4, 0.5) is 0 Å². The first-order chi connectivity index (χ1) is 9.93. The zero-order valence-electron chi connectivity index (χ0n) is 12.8. The monoisotopic (exact) mass is 297 g/mol. The molecule has 0 aromatic carbocycles. The average molecular weight is 297 g/mol. The highest BCUT2D eigenvalue weighted by Crippen LogP contribution is 2.12. The lowest BCUT2D eigenvalue weighted by molar-refractivity contribution is -0.117. The van der Waals surface area contributed by atoms with E-state index in [0.29, 0.717) is 12.2 Å². The fraction of sp³-hybridized carbons (Fsp3) is 0.643. The molecule has 0 aliphatic carbocycles. The highest BCUT2D eigenvalue weighted by atomic mass is 16.5. The lowest BCUT2D eigenvalue weighted by Crippen LogP contribution is -2.25. The number of methoxy groups -OCH3 is 1. The van der Waals surface area contributed by atoms with E-state index in [2.05, 4.69) is 11.7 Å². The predicted octanol–water partition coefficient (Wildman–Crippen LogP) is 0.582. The fourth-order valence-corrected chi connectivity index (χ4v) is 2.34. The smallest absolute Gasteiger partial charge is 0.356 e. The minimum Gasteiger partial charge on any atom is -0.464 e. The van der Waals surface area contributed by atoms with Crippen molar-refractivity contribution in [1.29, 1.82) is 0 Å². The molecule has 0 aliphatic rings. The van der Waals surface area contributed by atoms with Crippen LogP contribution in [0.15, 0.2) is 4.79 Å². The third-order valence-electron chi connectivity index (χ3n) is 3.41. The summed E-state index contributed by atoms with van der Waals surface area (Å²) >= 11 is 0. The molecule has 0 unspecified atom stereocenters. The molecule has 21 heavy (non-hydrogen) atoms. The number of amides is 1. The Balaban J connectivity index is 3.18. The third-order valence-corrected chi connectivity index (χ3v) is 3.41. The number of carbonyl (C=O) groups is 2. The molecular formula is C14H23N3O4. The fourth-order valence-electron chi connectivity index (χ4n) is 2.34. The largest absolute Gasteiger partial charge is 0.464 e. The molecule has 0 fully saturated rings. The number of imidazole rings is 1. The number of ether oxygens (including phenoxy) is 1. The number of aromatic nitrogens is 2. The number of hydrogen-bond acceptors (Lipinski definition) is 4. The molecule has 0 atom stereocenters. The van der Waals surface area contributed by atoms with E-state index in [1.54, 1.807) is 0 Å². The van der Waals surface area contributed by atoms with E-state index >= 15 is 0 Å². The number of esters is 1. The summed E-state index contributed by atoms with van der Waals surface area (Å²) in [5.74, 6) is -1.23. The summed E-state index contributed by atoms with van der Waals surface area (Å²) in [4.78, 5) is 35.3. The van der Waals surface area contributed by atoms with Gasteiger partial charge in [-0.1, -0.05) is 26.2 Å². The molecule has 1 heterocycles. The topological polar surface area (TPSA) is 96.3 Å². The molecule has 0 radical (unpaired) electrons. The van der Waals surface area contributed by atoms with Crippen molar-refractivity contribution in [2.75, 3.05) is 7.11 Å². The summed E-state index contributed by atoms with van der Waals surface area (Å²) in [6, 6.07) is 0. The Bertz CT molecular complexity index is 572. The van der Waals surface area contributed by atoms with Crippen molar-refractivity contribution in [2.45, 2.75) is 45.6 Å². The second kappa shape index (κ2) is 7.66. The highest BCUT2D eigenvalue weighted by Gasteiger charge is 2.24. The summed E-state index contributed by atoms with van der Waals surface area (Å²) in [5.41, 5.74) is 5.32. The Morgan fingerprint density at radius 2 is 1.90 bits per heavy atom. The number of primary amides is 1. The van der Waals surface area contributed by atoms with Gasteiger partial charge in [0, 0.05) is 13.6 Å². The summed E-state index contributed by atoms with van der Waals surface area (Å²) in [6.07, 6.45) is 3.81. The van der Waals surface area contributed by atoms with Gasteiger partial charge in [0.2, 0.25) is 5.91 Å². The second-order valence-electron chi connectivity index (χ2n) is 4.98. The quantitative estimate of drug-likeness (QED) is 0.561. The maximum Gasteiger partial charge on any atom is 0.356 e. The van der Waals surface area contributed by atoms with Crippen molar-refractivity contribution in [1.82, 2.24) is 9.13 Å². The van der Waals surface area contributed by atoms with E-state index in [-0.39, 0.29) is 17.8 Å². The number of rotatable bonds is 8. The van der Waals surface area contributed by atoms with E-state index in [1.807, 2.05) is 0 Å². The van der Waals surface area contributed by atoms with Gasteiger partial charge in [-0.15, -0.1) is 0 Å². The van der Waals surface area contributed by atoms with Crippen LogP contribution >= 0.6 is 0 Å². The Morgan fingerprint density at radius 3 is 2.43 bits per heavy atom. The number of hydrogen-bond donors (Lipinski definition) is 1. The van der Waals surface area contributed by atoms with Gasteiger partial charge in [-0.05, 0) is 6.42 Å². The lowest BCUT2D eigenvalue weighted by Gasteiger charge is -2.07. The first-order valence-corrected chi connectivity index (χ1v) is 7.09. The van der Waals surface area contributed by atoms with E-state index in [9.17, 15) is 14.4 Å². The Labute approximate surface area is 123 Å². The van der Waals surface area contributed by atoms with Gasteiger partial charge in [-0.2, -0.15) is 0 Å². The molecule has 0 aliphatic heterocycles. The molecule has 7 nitrogen and oxygen atoms in total. The molecule has 0 saturated carbocycles. The van der Waals surface area contributed by atoms with Gasteiger partial charge in [0.25, 0.3) is 0 Å². The zero-order chi connectivity index (χ0) is 16.0. The molecule has 1 aromatic heterocycles. The van der Waals surface area contributed by atoms with Gasteiger partial charge in [-0.25, -0.2) is 9.59 Å². The van der Waals surface area contributed by atoms with Crippen LogP contribution in [0.3, 0.4) is 0 Å². The molecular weight excluding hydrogens is 274 g/mol. The van der Waals surface area contributed by atoms with Crippen LogP contribution in [0.1, 0.15) is 48.8 Å². The Kier molecular flexibility index (Phi) is 6.20. The highest BCUT2D eigenvalue weighted by molar-refractivity contribution is 5.90. The first-order valence-electron chi connectivity index (χ1n) is 7.09. The number of nitrogens with two attached hydrogens (primary N) is 1. The van der Waals surface area contributed by atoms with Crippen molar-refractivity contribution >= 4 is 11.9 Å². The first kappa shape index (κ1) is 17.0. The van der Waals surface area contributed by atoms with Gasteiger partial charge < -0.3 is 10.5 Å². The normalized spacial score (nSPS) is 10.6. The zero-order valence-corrected chi connectivity index (χ0v) is 12.8. The van der Waals surface area contributed by atoms with Crippen molar-refractivity contribution < 1.29 is 14.3 Å². The van der Waals surface area contributed by atoms with Crippen LogP contribution in [0, 0.1) is 0 Å². The van der Waals surface area contributed by atoms with Crippen LogP contribution in [-0.4, -0.2) is 28.1 Å². The number of unbranched alkanes of at least 4 members (excludes halogenated alkanes) is 3. The molecule has 1 aromatic rings. The Morgan fingerprint density at radius 1 is 1.24 bits per heavy atom. The molecule has 0 spiro atoms. The van der Waals surface area contributed by atoms with E-state index in [4.69, 9.17) is 5.73 Å². The van der Waals surface area contributed by atoms with Crippen LogP contribution in [0.25, 0.3) is 0 Å². The van der Waals surface area contributed by atoms with E-state index in [1.165, 1.54) is 23.3 Å². The maximum atomic E-state index is 12.2. The maximum absolute atomic E-state index is 12.2. The molecule has 1 rings (SSSR count). The summed E-state index contributed by atoms with van der Waals surface area (Å²) < 4.78 is 7.35. The Hall–Kier alpha value is -2.05. The standard InChI is InChI=1S/C14H23N3O4/c1-4-5-6-7-8-17-10(9-11(15)18)12(13(19)21-3)16(2)14(17)20/h4-9H2,1-3H3,(H2,15,18).